The average molecular weight is 287 g/mol. The Morgan fingerprint density at radius 3 is 2.62 bits per heavy atom. The van der Waals surface area contributed by atoms with Gasteiger partial charge in [-0.25, -0.2) is 8.78 Å². The summed E-state index contributed by atoms with van der Waals surface area (Å²) in [5.74, 6) is -1.59. The maximum atomic E-state index is 13.6. The van der Waals surface area contributed by atoms with Gasteiger partial charge in [-0.05, 0) is 48.6 Å². The second-order valence-electron chi connectivity index (χ2n) is 5.78. The third kappa shape index (κ3) is 2.70. The van der Waals surface area contributed by atoms with E-state index in [1.165, 1.54) is 28.8 Å². The van der Waals surface area contributed by atoms with Crippen LogP contribution in [0.25, 0.3) is 0 Å². The minimum Gasteiger partial charge on any atom is -0.303 e. The van der Waals surface area contributed by atoms with Gasteiger partial charge < -0.3 is 5.32 Å². The standard InChI is InChI=1S/C18H19F2N/c1-3-14-9-12-5-4-11(2)8-15(12)18(21-14)13-6-7-16(19)17(20)10-13/h4-8,10,14,18,21H,3,9H2,1-2H3. The molecular weight excluding hydrogens is 268 g/mol. The van der Waals surface area contributed by atoms with E-state index in [9.17, 15) is 8.78 Å². The molecule has 3 rings (SSSR count). The first-order chi connectivity index (χ1) is 10.1. The van der Waals surface area contributed by atoms with Crippen molar-refractivity contribution in [3.63, 3.8) is 0 Å². The summed E-state index contributed by atoms with van der Waals surface area (Å²) >= 11 is 0. The lowest BCUT2D eigenvalue weighted by Crippen LogP contribution is -2.39. The molecule has 0 amide bonds. The number of aryl methyl sites for hydroxylation is 1. The maximum absolute atomic E-state index is 13.6. The fraction of sp³-hybridized carbons (Fsp3) is 0.333. The van der Waals surface area contributed by atoms with Crippen molar-refractivity contribution in [2.24, 2.45) is 0 Å². The molecule has 2 unspecified atom stereocenters. The zero-order valence-corrected chi connectivity index (χ0v) is 12.3. The van der Waals surface area contributed by atoms with Gasteiger partial charge in [0.15, 0.2) is 11.6 Å². The van der Waals surface area contributed by atoms with Crippen LogP contribution < -0.4 is 5.32 Å². The first-order valence-corrected chi connectivity index (χ1v) is 7.39. The van der Waals surface area contributed by atoms with E-state index >= 15 is 0 Å². The number of hydrogen-bond acceptors (Lipinski definition) is 1. The van der Waals surface area contributed by atoms with Crippen molar-refractivity contribution < 1.29 is 8.78 Å². The quantitative estimate of drug-likeness (QED) is 0.869. The molecule has 2 aromatic carbocycles. The lowest BCUT2D eigenvalue weighted by atomic mass is 9.85. The van der Waals surface area contributed by atoms with Crippen LogP contribution in [-0.2, 0) is 6.42 Å². The van der Waals surface area contributed by atoms with Gasteiger partial charge in [0.25, 0.3) is 0 Å². The van der Waals surface area contributed by atoms with E-state index in [2.05, 4.69) is 37.4 Å². The van der Waals surface area contributed by atoms with Crippen LogP contribution in [0.4, 0.5) is 8.78 Å². The predicted molar refractivity (Wildman–Crippen MR) is 80.3 cm³/mol. The molecule has 2 aromatic rings. The summed E-state index contributed by atoms with van der Waals surface area (Å²) in [4.78, 5) is 0. The minimum absolute atomic E-state index is 0.0753. The summed E-state index contributed by atoms with van der Waals surface area (Å²) in [6.07, 6.45) is 1.99. The molecule has 1 N–H and O–H groups in total. The molecule has 110 valence electrons. The molecule has 0 saturated heterocycles. The molecule has 1 aliphatic heterocycles. The molecule has 1 nitrogen and oxygen atoms in total. The van der Waals surface area contributed by atoms with Gasteiger partial charge in [-0.3, -0.25) is 0 Å². The molecular formula is C18H19F2N. The monoisotopic (exact) mass is 287 g/mol. The molecule has 0 bridgehead atoms. The molecule has 0 spiro atoms. The van der Waals surface area contributed by atoms with Crippen LogP contribution in [0.1, 0.15) is 41.6 Å². The summed E-state index contributed by atoms with van der Waals surface area (Å²) < 4.78 is 26.7. The normalized spacial score (nSPS) is 21.1. The Balaban J connectivity index is 2.08. The van der Waals surface area contributed by atoms with Crippen molar-refractivity contribution in [2.45, 2.75) is 38.8 Å². The van der Waals surface area contributed by atoms with Gasteiger partial charge in [0.2, 0.25) is 0 Å². The van der Waals surface area contributed by atoms with Gasteiger partial charge >= 0.3 is 0 Å². The highest BCUT2D eigenvalue weighted by Gasteiger charge is 2.27. The molecule has 1 heterocycles. The fourth-order valence-electron chi connectivity index (χ4n) is 3.05. The first kappa shape index (κ1) is 14.2. The Morgan fingerprint density at radius 2 is 1.90 bits per heavy atom. The lowest BCUT2D eigenvalue weighted by Gasteiger charge is -2.33. The largest absolute Gasteiger partial charge is 0.303 e. The fourth-order valence-corrected chi connectivity index (χ4v) is 3.05. The zero-order valence-electron chi connectivity index (χ0n) is 12.3. The number of nitrogens with one attached hydrogen (secondary N) is 1. The number of fused-ring (bicyclic) bond motifs is 1. The molecule has 0 saturated carbocycles. The second kappa shape index (κ2) is 5.57. The maximum Gasteiger partial charge on any atom is 0.159 e. The third-order valence-electron chi connectivity index (χ3n) is 4.25. The van der Waals surface area contributed by atoms with Gasteiger partial charge in [0.1, 0.15) is 0 Å². The van der Waals surface area contributed by atoms with E-state index in [0.717, 1.165) is 18.4 Å². The van der Waals surface area contributed by atoms with E-state index in [0.29, 0.717) is 6.04 Å². The molecule has 21 heavy (non-hydrogen) atoms. The molecule has 3 heteroatoms. The van der Waals surface area contributed by atoms with Crippen molar-refractivity contribution in [1.82, 2.24) is 5.32 Å². The topological polar surface area (TPSA) is 12.0 Å². The third-order valence-corrected chi connectivity index (χ3v) is 4.25. The highest BCUT2D eigenvalue weighted by Crippen LogP contribution is 2.32. The van der Waals surface area contributed by atoms with Crippen LogP contribution in [0.3, 0.4) is 0 Å². The number of halogens is 2. The van der Waals surface area contributed by atoms with Crippen LogP contribution in [0.5, 0.6) is 0 Å². The van der Waals surface area contributed by atoms with E-state index in [1.54, 1.807) is 6.07 Å². The predicted octanol–water partition coefficient (Wildman–Crippen LogP) is 4.29. The second-order valence-corrected chi connectivity index (χ2v) is 5.78. The Kier molecular flexibility index (Phi) is 3.77. The summed E-state index contributed by atoms with van der Waals surface area (Å²) in [6.45, 7) is 4.19. The van der Waals surface area contributed by atoms with Gasteiger partial charge in [-0.15, -0.1) is 0 Å². The SMILES string of the molecule is CCC1Cc2ccc(C)cc2C(c2ccc(F)c(F)c2)N1. The summed E-state index contributed by atoms with van der Waals surface area (Å²) in [6, 6.07) is 10.9. The van der Waals surface area contributed by atoms with Crippen LogP contribution >= 0.6 is 0 Å². The zero-order chi connectivity index (χ0) is 15.0. The Labute approximate surface area is 124 Å². The summed E-state index contributed by atoms with van der Waals surface area (Å²) in [5.41, 5.74) is 4.42. The Bertz CT molecular complexity index is 666. The summed E-state index contributed by atoms with van der Waals surface area (Å²) in [7, 11) is 0. The first-order valence-electron chi connectivity index (χ1n) is 7.39. The van der Waals surface area contributed by atoms with Gasteiger partial charge in [0, 0.05) is 6.04 Å². The van der Waals surface area contributed by atoms with Crippen LogP contribution in [0.2, 0.25) is 0 Å². The molecule has 0 radical (unpaired) electrons. The number of rotatable bonds is 2. The van der Waals surface area contributed by atoms with E-state index in [1.807, 2.05) is 0 Å². The van der Waals surface area contributed by atoms with E-state index < -0.39 is 11.6 Å². The molecule has 2 atom stereocenters. The lowest BCUT2D eigenvalue weighted by molar-refractivity contribution is 0.424. The smallest absolute Gasteiger partial charge is 0.159 e. The highest BCUT2D eigenvalue weighted by atomic mass is 19.2. The Morgan fingerprint density at radius 1 is 1.10 bits per heavy atom. The summed E-state index contributed by atoms with van der Waals surface area (Å²) in [5, 5.41) is 3.56. The number of hydrogen-bond donors (Lipinski definition) is 1. The van der Waals surface area contributed by atoms with Crippen LogP contribution in [-0.4, -0.2) is 6.04 Å². The van der Waals surface area contributed by atoms with Crippen molar-refractivity contribution in [3.05, 3.63) is 70.3 Å². The van der Waals surface area contributed by atoms with Gasteiger partial charge in [0.05, 0.1) is 6.04 Å². The average Bonchev–Trinajstić information content (AvgIpc) is 2.49. The van der Waals surface area contributed by atoms with E-state index in [-0.39, 0.29) is 6.04 Å². The van der Waals surface area contributed by atoms with Gasteiger partial charge in [-0.2, -0.15) is 0 Å². The van der Waals surface area contributed by atoms with Gasteiger partial charge in [-0.1, -0.05) is 36.8 Å². The molecule has 0 aliphatic carbocycles. The van der Waals surface area contributed by atoms with Crippen molar-refractivity contribution in [2.75, 3.05) is 0 Å². The van der Waals surface area contributed by atoms with Crippen molar-refractivity contribution in [3.8, 4) is 0 Å². The number of benzene rings is 2. The van der Waals surface area contributed by atoms with Crippen LogP contribution in [0, 0.1) is 18.6 Å². The molecule has 0 fully saturated rings. The Hall–Kier alpha value is -1.74. The van der Waals surface area contributed by atoms with E-state index in [4.69, 9.17) is 0 Å². The minimum atomic E-state index is -0.800. The van der Waals surface area contributed by atoms with Crippen molar-refractivity contribution in [1.29, 1.82) is 0 Å². The molecule has 1 aliphatic rings. The van der Waals surface area contributed by atoms with Crippen molar-refractivity contribution >= 4 is 0 Å². The van der Waals surface area contributed by atoms with Crippen LogP contribution in [0.15, 0.2) is 36.4 Å². The highest BCUT2D eigenvalue weighted by molar-refractivity contribution is 5.42. The molecule has 0 aromatic heterocycles.